The maximum atomic E-state index is 11.9. The number of rotatable bonds is 4. The second kappa shape index (κ2) is 5.12. The van der Waals surface area contributed by atoms with Crippen molar-refractivity contribution in [2.24, 2.45) is 0 Å². The highest BCUT2D eigenvalue weighted by molar-refractivity contribution is 5.96. The molecule has 0 bridgehead atoms. The smallest absolute Gasteiger partial charge is 0.354 e. The molecular formula is C14H17NO3. The summed E-state index contributed by atoms with van der Waals surface area (Å²) in [6.07, 6.45) is 0. The van der Waals surface area contributed by atoms with Crippen LogP contribution in [-0.2, 0) is 11.3 Å². The Morgan fingerprint density at radius 2 is 2.06 bits per heavy atom. The van der Waals surface area contributed by atoms with Crippen molar-refractivity contribution in [3.05, 3.63) is 30.0 Å². The van der Waals surface area contributed by atoms with E-state index >= 15 is 0 Å². The molecule has 0 unspecified atom stereocenters. The molecule has 0 amide bonds. The Kier molecular flexibility index (Phi) is 3.55. The van der Waals surface area contributed by atoms with E-state index in [4.69, 9.17) is 9.47 Å². The molecule has 0 fully saturated rings. The molecule has 0 aliphatic heterocycles. The van der Waals surface area contributed by atoms with Crippen molar-refractivity contribution in [2.45, 2.75) is 20.4 Å². The number of aryl methyl sites for hydroxylation is 1. The summed E-state index contributed by atoms with van der Waals surface area (Å²) in [4.78, 5) is 11.9. The summed E-state index contributed by atoms with van der Waals surface area (Å²) in [7, 11) is 1.63. The first-order valence-corrected chi connectivity index (χ1v) is 6.05. The molecule has 1 aromatic heterocycles. The number of esters is 1. The highest BCUT2D eigenvalue weighted by Crippen LogP contribution is 2.25. The summed E-state index contributed by atoms with van der Waals surface area (Å²) in [6.45, 7) is 4.90. The summed E-state index contributed by atoms with van der Waals surface area (Å²) in [5, 5.41) is 1.01. The lowest BCUT2D eigenvalue weighted by molar-refractivity contribution is 0.0514. The van der Waals surface area contributed by atoms with Crippen LogP contribution in [0.25, 0.3) is 10.9 Å². The molecule has 2 aromatic rings. The monoisotopic (exact) mass is 247 g/mol. The Morgan fingerprint density at radius 1 is 1.28 bits per heavy atom. The molecule has 0 aliphatic carbocycles. The highest BCUT2D eigenvalue weighted by Gasteiger charge is 2.15. The molecule has 0 atom stereocenters. The normalized spacial score (nSPS) is 10.6. The molecule has 1 aromatic carbocycles. The number of methoxy groups -OCH3 is 1. The van der Waals surface area contributed by atoms with Crippen molar-refractivity contribution in [2.75, 3.05) is 13.7 Å². The van der Waals surface area contributed by atoms with E-state index in [0.29, 0.717) is 18.8 Å². The molecule has 96 valence electrons. The van der Waals surface area contributed by atoms with Gasteiger partial charge in [-0.25, -0.2) is 4.79 Å². The molecule has 0 saturated heterocycles. The van der Waals surface area contributed by atoms with Crippen molar-refractivity contribution in [3.63, 3.8) is 0 Å². The van der Waals surface area contributed by atoms with Crippen LogP contribution in [0.15, 0.2) is 24.3 Å². The van der Waals surface area contributed by atoms with Crippen molar-refractivity contribution < 1.29 is 14.3 Å². The van der Waals surface area contributed by atoms with Crippen molar-refractivity contribution >= 4 is 16.9 Å². The van der Waals surface area contributed by atoms with Crippen LogP contribution in [0.5, 0.6) is 5.75 Å². The third-order valence-corrected chi connectivity index (χ3v) is 2.91. The number of carbonyl (C=O) groups is 1. The van der Waals surface area contributed by atoms with E-state index in [-0.39, 0.29) is 5.97 Å². The number of fused-ring (bicyclic) bond motifs is 1. The van der Waals surface area contributed by atoms with Crippen LogP contribution >= 0.6 is 0 Å². The topological polar surface area (TPSA) is 40.5 Å². The second-order valence-corrected chi connectivity index (χ2v) is 3.92. The van der Waals surface area contributed by atoms with Gasteiger partial charge in [0.1, 0.15) is 11.4 Å². The number of nitrogens with zero attached hydrogens (tertiary/aromatic N) is 1. The predicted octanol–water partition coefficient (Wildman–Crippen LogP) is 2.85. The van der Waals surface area contributed by atoms with Crippen LogP contribution in [-0.4, -0.2) is 24.3 Å². The molecular weight excluding hydrogens is 230 g/mol. The third kappa shape index (κ3) is 2.06. The third-order valence-electron chi connectivity index (χ3n) is 2.91. The maximum Gasteiger partial charge on any atom is 0.354 e. The van der Waals surface area contributed by atoms with Gasteiger partial charge in [-0.05, 0) is 32.0 Å². The largest absolute Gasteiger partial charge is 0.497 e. The average Bonchev–Trinajstić information content (AvgIpc) is 2.76. The number of benzene rings is 1. The van der Waals surface area contributed by atoms with Gasteiger partial charge in [-0.3, -0.25) is 0 Å². The molecule has 4 heteroatoms. The molecule has 1 heterocycles. The van der Waals surface area contributed by atoms with Gasteiger partial charge in [-0.15, -0.1) is 0 Å². The number of ether oxygens (including phenoxy) is 2. The van der Waals surface area contributed by atoms with Crippen molar-refractivity contribution in [1.82, 2.24) is 4.57 Å². The first kappa shape index (κ1) is 12.5. The molecule has 0 saturated carbocycles. The van der Waals surface area contributed by atoms with Gasteiger partial charge < -0.3 is 14.0 Å². The van der Waals surface area contributed by atoms with Gasteiger partial charge in [0, 0.05) is 18.0 Å². The number of hydrogen-bond acceptors (Lipinski definition) is 3. The lowest BCUT2D eigenvalue weighted by Gasteiger charge is -2.07. The van der Waals surface area contributed by atoms with Crippen LogP contribution in [0.2, 0.25) is 0 Å². The standard InChI is InChI=1S/C14H17NO3/c1-4-15-12-9-11(17-3)7-6-10(12)8-13(15)14(16)18-5-2/h6-9H,4-5H2,1-3H3. The van der Waals surface area contributed by atoms with Crippen molar-refractivity contribution in [1.29, 1.82) is 0 Å². The Hall–Kier alpha value is -1.97. The van der Waals surface area contributed by atoms with Gasteiger partial charge >= 0.3 is 5.97 Å². The number of hydrogen-bond donors (Lipinski definition) is 0. The minimum absolute atomic E-state index is 0.283. The Balaban J connectivity index is 2.57. The quantitative estimate of drug-likeness (QED) is 0.780. The molecule has 2 rings (SSSR count). The van der Waals surface area contributed by atoms with Gasteiger partial charge in [0.15, 0.2) is 0 Å². The molecule has 0 radical (unpaired) electrons. The maximum absolute atomic E-state index is 11.9. The summed E-state index contributed by atoms with van der Waals surface area (Å²) in [6, 6.07) is 7.62. The SMILES string of the molecule is CCOC(=O)c1cc2ccc(OC)cc2n1CC. The predicted molar refractivity (Wildman–Crippen MR) is 70.1 cm³/mol. The minimum Gasteiger partial charge on any atom is -0.497 e. The van der Waals surface area contributed by atoms with E-state index in [2.05, 4.69) is 0 Å². The summed E-state index contributed by atoms with van der Waals surface area (Å²) in [5.74, 6) is 0.500. The van der Waals surface area contributed by atoms with E-state index in [1.54, 1.807) is 14.0 Å². The fourth-order valence-corrected chi connectivity index (χ4v) is 2.08. The second-order valence-electron chi connectivity index (χ2n) is 3.92. The fourth-order valence-electron chi connectivity index (χ4n) is 2.08. The lowest BCUT2D eigenvalue weighted by Crippen LogP contribution is -2.11. The Labute approximate surface area is 106 Å². The lowest BCUT2D eigenvalue weighted by atomic mass is 10.2. The summed E-state index contributed by atoms with van der Waals surface area (Å²) in [5.41, 5.74) is 1.57. The summed E-state index contributed by atoms with van der Waals surface area (Å²) >= 11 is 0. The van der Waals surface area contributed by atoms with E-state index in [9.17, 15) is 4.79 Å². The van der Waals surface area contributed by atoms with Gasteiger partial charge in [-0.1, -0.05) is 0 Å². The van der Waals surface area contributed by atoms with Crippen molar-refractivity contribution in [3.8, 4) is 5.75 Å². The van der Waals surface area contributed by atoms with Crippen LogP contribution in [0.3, 0.4) is 0 Å². The van der Waals surface area contributed by atoms with E-state index < -0.39 is 0 Å². The Bertz CT molecular complexity index is 572. The van der Waals surface area contributed by atoms with Gasteiger partial charge in [-0.2, -0.15) is 0 Å². The molecule has 18 heavy (non-hydrogen) atoms. The fraction of sp³-hybridized carbons (Fsp3) is 0.357. The van der Waals surface area contributed by atoms with Gasteiger partial charge in [0.25, 0.3) is 0 Å². The molecule has 4 nitrogen and oxygen atoms in total. The summed E-state index contributed by atoms with van der Waals surface area (Å²) < 4.78 is 12.2. The zero-order valence-electron chi connectivity index (χ0n) is 10.9. The minimum atomic E-state index is -0.283. The van der Waals surface area contributed by atoms with Gasteiger partial charge in [0.05, 0.1) is 19.2 Å². The van der Waals surface area contributed by atoms with Crippen LogP contribution in [0.1, 0.15) is 24.3 Å². The zero-order chi connectivity index (χ0) is 13.1. The van der Waals surface area contributed by atoms with Crippen LogP contribution in [0, 0.1) is 0 Å². The highest BCUT2D eigenvalue weighted by atomic mass is 16.5. The number of carbonyl (C=O) groups excluding carboxylic acids is 1. The molecule has 0 aliphatic rings. The van der Waals surface area contributed by atoms with Gasteiger partial charge in [0.2, 0.25) is 0 Å². The van der Waals surface area contributed by atoms with E-state index in [1.165, 1.54) is 0 Å². The number of aromatic nitrogens is 1. The molecule has 0 spiro atoms. The first-order valence-electron chi connectivity index (χ1n) is 6.05. The van der Waals surface area contributed by atoms with Crippen LogP contribution in [0.4, 0.5) is 0 Å². The van der Waals surface area contributed by atoms with E-state index in [0.717, 1.165) is 16.7 Å². The molecule has 0 N–H and O–H groups in total. The van der Waals surface area contributed by atoms with Crippen LogP contribution < -0.4 is 4.74 Å². The van der Waals surface area contributed by atoms with E-state index in [1.807, 2.05) is 35.8 Å². The Morgan fingerprint density at radius 3 is 2.67 bits per heavy atom. The first-order chi connectivity index (χ1) is 8.71. The average molecular weight is 247 g/mol. The zero-order valence-corrected chi connectivity index (χ0v) is 10.9.